The van der Waals surface area contributed by atoms with Gasteiger partial charge in [-0.25, -0.2) is 0 Å². The summed E-state index contributed by atoms with van der Waals surface area (Å²) < 4.78 is 42.6. The number of nitrogens with one attached hydrogen (secondary N) is 1. The normalized spacial score (nSPS) is 14.8. The molecule has 0 bridgehead atoms. The molecule has 1 unspecified atom stereocenters. The Kier molecular flexibility index (Phi) is 5.90. The van der Waals surface area contributed by atoms with Crippen LogP contribution in [-0.4, -0.2) is 32.3 Å². The van der Waals surface area contributed by atoms with Crippen LogP contribution >= 0.6 is 11.8 Å². The molecule has 4 rings (SSSR count). The molecule has 2 aromatic carbocycles. The summed E-state index contributed by atoms with van der Waals surface area (Å²) in [4.78, 5) is 12.6. The van der Waals surface area contributed by atoms with Crippen LogP contribution in [0.25, 0.3) is 5.69 Å². The fourth-order valence-corrected chi connectivity index (χ4v) is 3.85. The van der Waals surface area contributed by atoms with Gasteiger partial charge < -0.3 is 10.1 Å². The third kappa shape index (κ3) is 5.38. The summed E-state index contributed by atoms with van der Waals surface area (Å²) in [6.45, 7) is 1.74. The molecule has 1 amide bonds. The summed E-state index contributed by atoms with van der Waals surface area (Å²) in [6.07, 6.45) is -2.62. The van der Waals surface area contributed by atoms with Gasteiger partial charge in [0.05, 0.1) is 5.25 Å². The number of rotatable bonds is 7. The minimum absolute atomic E-state index is 0.301. The lowest BCUT2D eigenvalue weighted by atomic mass is 10.3. The Morgan fingerprint density at radius 3 is 2.42 bits per heavy atom. The second-order valence-corrected chi connectivity index (χ2v) is 8.42. The molecule has 162 valence electrons. The van der Waals surface area contributed by atoms with E-state index in [4.69, 9.17) is 0 Å². The number of halogens is 3. The number of alkyl halides is 3. The molecule has 10 heteroatoms. The van der Waals surface area contributed by atoms with Gasteiger partial charge in [0.25, 0.3) is 0 Å². The second-order valence-electron chi connectivity index (χ2n) is 7.11. The number of carbonyl (C=O) groups excluding carboxylic acids is 1. The van der Waals surface area contributed by atoms with Crippen LogP contribution in [0.5, 0.6) is 5.75 Å². The highest BCUT2D eigenvalue weighted by Crippen LogP contribution is 2.41. The molecule has 6 nitrogen and oxygen atoms in total. The molecule has 0 aliphatic heterocycles. The number of hydrogen-bond acceptors (Lipinski definition) is 5. The van der Waals surface area contributed by atoms with Crippen LogP contribution < -0.4 is 10.1 Å². The van der Waals surface area contributed by atoms with Crippen molar-refractivity contribution < 1.29 is 22.7 Å². The summed E-state index contributed by atoms with van der Waals surface area (Å²) in [5.74, 6) is 0.617. The molecule has 1 aromatic heterocycles. The fraction of sp³-hybridized carbons (Fsp3) is 0.286. The Hall–Kier alpha value is -3.01. The first kappa shape index (κ1) is 21.2. The molecule has 1 N–H and O–H groups in total. The zero-order valence-corrected chi connectivity index (χ0v) is 17.3. The van der Waals surface area contributed by atoms with Gasteiger partial charge in [-0.1, -0.05) is 30.0 Å². The molecule has 31 heavy (non-hydrogen) atoms. The molecule has 0 radical (unpaired) electrons. The summed E-state index contributed by atoms with van der Waals surface area (Å²) in [5, 5.41) is 11.5. The van der Waals surface area contributed by atoms with Crippen molar-refractivity contribution in [2.24, 2.45) is 0 Å². The number of nitrogens with zero attached hydrogens (tertiary/aromatic N) is 3. The van der Waals surface area contributed by atoms with Crippen LogP contribution in [0, 0.1) is 0 Å². The van der Waals surface area contributed by atoms with Crippen LogP contribution in [-0.2, 0) is 4.79 Å². The lowest BCUT2D eigenvalue weighted by molar-refractivity contribution is -0.274. The van der Waals surface area contributed by atoms with Gasteiger partial charge in [0.2, 0.25) is 5.91 Å². The molecule has 1 heterocycles. The van der Waals surface area contributed by atoms with E-state index in [9.17, 15) is 18.0 Å². The van der Waals surface area contributed by atoms with E-state index in [1.54, 1.807) is 6.92 Å². The molecule has 1 fully saturated rings. The van der Waals surface area contributed by atoms with Gasteiger partial charge in [-0.3, -0.25) is 9.36 Å². The lowest BCUT2D eigenvalue weighted by Gasteiger charge is -2.14. The standard InChI is InChI=1S/C21H19F3N4O2S/c1-13(19(29)25-15-9-11-17(12-10-15)30-21(22,23)24)31-20-27-26-18(14-7-8-14)28(20)16-5-3-2-4-6-16/h2-6,9-14H,7-8H2,1H3,(H,25,29). The van der Waals surface area contributed by atoms with Crippen molar-refractivity contribution in [2.45, 2.75) is 42.5 Å². The molecule has 1 saturated carbocycles. The number of para-hydroxylation sites is 1. The Morgan fingerprint density at radius 1 is 1.13 bits per heavy atom. The summed E-state index contributed by atoms with van der Waals surface area (Å²) in [5.41, 5.74) is 1.31. The third-order valence-electron chi connectivity index (χ3n) is 4.62. The average molecular weight is 448 g/mol. The van der Waals surface area contributed by atoms with Gasteiger partial charge in [0.15, 0.2) is 5.16 Å². The molecule has 1 aliphatic carbocycles. The maximum Gasteiger partial charge on any atom is 0.573 e. The van der Waals surface area contributed by atoms with Crippen molar-refractivity contribution in [1.82, 2.24) is 14.8 Å². The van der Waals surface area contributed by atoms with E-state index < -0.39 is 11.6 Å². The van der Waals surface area contributed by atoms with Crippen molar-refractivity contribution in [1.29, 1.82) is 0 Å². The van der Waals surface area contributed by atoms with Crippen LogP contribution in [0.1, 0.15) is 31.5 Å². The minimum atomic E-state index is -4.76. The monoisotopic (exact) mass is 448 g/mol. The lowest BCUT2D eigenvalue weighted by Crippen LogP contribution is -2.23. The van der Waals surface area contributed by atoms with Crippen LogP contribution in [0.4, 0.5) is 18.9 Å². The van der Waals surface area contributed by atoms with E-state index in [2.05, 4.69) is 20.3 Å². The van der Waals surface area contributed by atoms with Crippen molar-refractivity contribution in [2.75, 3.05) is 5.32 Å². The Morgan fingerprint density at radius 2 is 1.81 bits per heavy atom. The first-order valence-electron chi connectivity index (χ1n) is 9.64. The zero-order valence-electron chi connectivity index (χ0n) is 16.5. The van der Waals surface area contributed by atoms with Crippen molar-refractivity contribution in [3.63, 3.8) is 0 Å². The SMILES string of the molecule is CC(Sc1nnc(C2CC2)n1-c1ccccc1)C(=O)Nc1ccc(OC(F)(F)F)cc1. The molecular formula is C21H19F3N4O2S. The minimum Gasteiger partial charge on any atom is -0.406 e. The van der Waals surface area contributed by atoms with Crippen molar-refractivity contribution in [3.8, 4) is 11.4 Å². The summed E-state index contributed by atoms with van der Waals surface area (Å²) in [6, 6.07) is 14.7. The molecule has 0 saturated heterocycles. The van der Waals surface area contributed by atoms with Crippen LogP contribution in [0.15, 0.2) is 59.8 Å². The number of hydrogen-bond donors (Lipinski definition) is 1. The first-order chi connectivity index (χ1) is 14.8. The maximum absolute atomic E-state index is 12.6. The smallest absolute Gasteiger partial charge is 0.406 e. The number of aromatic nitrogens is 3. The fourth-order valence-electron chi connectivity index (χ4n) is 2.98. The number of carbonyl (C=O) groups is 1. The predicted molar refractivity (Wildman–Crippen MR) is 110 cm³/mol. The van der Waals surface area contributed by atoms with E-state index in [1.807, 2.05) is 34.9 Å². The number of benzene rings is 2. The molecule has 3 aromatic rings. The topological polar surface area (TPSA) is 69.0 Å². The Balaban J connectivity index is 1.45. The van der Waals surface area contributed by atoms with E-state index >= 15 is 0 Å². The van der Waals surface area contributed by atoms with Crippen molar-refractivity contribution >= 4 is 23.4 Å². The largest absolute Gasteiger partial charge is 0.573 e. The number of amides is 1. The molecular weight excluding hydrogens is 429 g/mol. The van der Waals surface area contributed by atoms with E-state index in [1.165, 1.54) is 23.9 Å². The highest BCUT2D eigenvalue weighted by molar-refractivity contribution is 8.00. The van der Waals surface area contributed by atoms with Crippen LogP contribution in [0.2, 0.25) is 0 Å². The zero-order chi connectivity index (χ0) is 22.0. The third-order valence-corrected chi connectivity index (χ3v) is 5.66. The maximum atomic E-state index is 12.6. The number of ether oxygens (including phenoxy) is 1. The highest BCUT2D eigenvalue weighted by atomic mass is 32.2. The highest BCUT2D eigenvalue weighted by Gasteiger charge is 2.32. The van der Waals surface area contributed by atoms with Gasteiger partial charge in [0, 0.05) is 17.3 Å². The first-order valence-corrected chi connectivity index (χ1v) is 10.5. The van der Waals surface area contributed by atoms with E-state index in [-0.39, 0.29) is 11.7 Å². The van der Waals surface area contributed by atoms with Gasteiger partial charge in [0.1, 0.15) is 11.6 Å². The molecule has 1 aliphatic rings. The molecule has 1 atom stereocenters. The number of thioether (sulfide) groups is 1. The van der Waals surface area contributed by atoms with Crippen molar-refractivity contribution in [3.05, 3.63) is 60.4 Å². The predicted octanol–water partition coefficient (Wildman–Crippen LogP) is 5.16. The number of anilines is 1. The summed E-state index contributed by atoms with van der Waals surface area (Å²) in [7, 11) is 0. The van der Waals surface area contributed by atoms with Crippen LogP contribution in [0.3, 0.4) is 0 Å². The quantitative estimate of drug-likeness (QED) is 0.506. The van der Waals surface area contributed by atoms with Gasteiger partial charge in [-0.2, -0.15) is 0 Å². The van der Waals surface area contributed by atoms with Gasteiger partial charge in [-0.15, -0.1) is 23.4 Å². The molecule has 0 spiro atoms. The average Bonchev–Trinajstić information content (AvgIpc) is 3.49. The van der Waals surface area contributed by atoms with Gasteiger partial charge in [-0.05, 0) is 56.2 Å². The second kappa shape index (κ2) is 8.62. The van der Waals surface area contributed by atoms with Gasteiger partial charge >= 0.3 is 6.36 Å². The summed E-state index contributed by atoms with van der Waals surface area (Å²) >= 11 is 1.27. The van der Waals surface area contributed by atoms with E-state index in [0.29, 0.717) is 16.8 Å². The van der Waals surface area contributed by atoms with E-state index in [0.717, 1.165) is 36.5 Å². The Labute approximate surface area is 180 Å². The Bertz CT molecular complexity index is 1050.